The minimum Gasteiger partial charge on any atom is -0.360 e. The van der Waals surface area contributed by atoms with E-state index in [1.165, 1.54) is 5.69 Å². The molecule has 0 aliphatic carbocycles. The maximum absolute atomic E-state index is 8.69. The van der Waals surface area contributed by atoms with Crippen molar-refractivity contribution in [1.82, 2.24) is 0 Å². The molecule has 18 heavy (non-hydrogen) atoms. The monoisotopic (exact) mass is 264 g/mol. The van der Waals surface area contributed by atoms with Gasteiger partial charge in [-0.3, -0.25) is 0 Å². The Labute approximate surface area is 114 Å². The number of rotatable bonds is 3. The molecular weight excluding hydrogens is 246 g/mol. The molecule has 1 aliphatic rings. The van der Waals surface area contributed by atoms with Crippen LogP contribution in [0.4, 0.5) is 5.69 Å². The number of halogens is 1. The maximum atomic E-state index is 8.69. The van der Waals surface area contributed by atoms with Gasteiger partial charge < -0.3 is 9.38 Å². The van der Waals surface area contributed by atoms with Crippen molar-refractivity contribution in [3.63, 3.8) is 0 Å². The Kier molecular flexibility index (Phi) is 4.11. The van der Waals surface area contributed by atoms with E-state index in [4.69, 9.17) is 16.9 Å². The zero-order valence-corrected chi connectivity index (χ0v) is 11.5. The Morgan fingerprint density at radius 1 is 1.39 bits per heavy atom. The number of benzene rings is 1. The number of piperazine rings is 1. The molecule has 1 aromatic carbocycles. The summed E-state index contributed by atoms with van der Waals surface area (Å²) in [6, 6.07) is 10.3. The lowest BCUT2D eigenvalue weighted by Crippen LogP contribution is -2.57. The lowest BCUT2D eigenvalue weighted by Gasteiger charge is -2.42. The minimum atomic E-state index is 0.646. The second-order valence-electron chi connectivity index (χ2n) is 5.17. The first kappa shape index (κ1) is 13.2. The summed E-state index contributed by atoms with van der Waals surface area (Å²) in [6.45, 7) is 5.20. The number of likely N-dealkylation sites (N-methyl/N-ethyl adjacent to an activating group) is 1. The fourth-order valence-corrected chi connectivity index (χ4v) is 2.61. The van der Waals surface area contributed by atoms with Gasteiger partial charge in [-0.05, 0) is 18.2 Å². The summed E-state index contributed by atoms with van der Waals surface area (Å²) in [4.78, 5) is 2.37. The van der Waals surface area contributed by atoms with Crippen LogP contribution in [0, 0.1) is 11.3 Å². The van der Waals surface area contributed by atoms with Crippen LogP contribution < -0.4 is 4.90 Å². The highest BCUT2D eigenvalue weighted by molar-refractivity contribution is 6.30. The predicted octanol–water partition coefficient (Wildman–Crippen LogP) is 2.52. The molecule has 0 atom stereocenters. The first-order valence-corrected chi connectivity index (χ1v) is 6.72. The number of nitriles is 1. The van der Waals surface area contributed by atoms with Crippen molar-refractivity contribution in [2.75, 3.05) is 44.7 Å². The number of nitrogens with zero attached hydrogens (tertiary/aromatic N) is 3. The Hall–Kier alpha value is -1.24. The van der Waals surface area contributed by atoms with Crippen LogP contribution in [0.2, 0.25) is 5.02 Å². The van der Waals surface area contributed by atoms with E-state index in [0.29, 0.717) is 6.42 Å². The van der Waals surface area contributed by atoms with E-state index >= 15 is 0 Å². The molecule has 0 spiro atoms. The first-order chi connectivity index (χ1) is 8.63. The van der Waals surface area contributed by atoms with Crippen LogP contribution in [-0.2, 0) is 0 Å². The summed E-state index contributed by atoms with van der Waals surface area (Å²) in [5.74, 6) is 0. The van der Waals surface area contributed by atoms with Gasteiger partial charge in [-0.1, -0.05) is 17.7 Å². The molecule has 0 amide bonds. The van der Waals surface area contributed by atoms with Crippen molar-refractivity contribution in [1.29, 1.82) is 5.26 Å². The van der Waals surface area contributed by atoms with Gasteiger partial charge in [0.05, 0.1) is 52.3 Å². The fraction of sp³-hybridized carbons (Fsp3) is 0.500. The highest BCUT2D eigenvalue weighted by atomic mass is 35.5. The average molecular weight is 265 g/mol. The summed E-state index contributed by atoms with van der Waals surface area (Å²) in [5, 5.41) is 9.48. The summed E-state index contributed by atoms with van der Waals surface area (Å²) in [7, 11) is 2.24. The van der Waals surface area contributed by atoms with E-state index in [0.717, 1.165) is 42.2 Å². The Bertz CT molecular complexity index is 445. The van der Waals surface area contributed by atoms with Crippen molar-refractivity contribution in [3.8, 4) is 6.07 Å². The van der Waals surface area contributed by atoms with Crippen molar-refractivity contribution < 1.29 is 4.48 Å². The van der Waals surface area contributed by atoms with Crippen molar-refractivity contribution in [2.45, 2.75) is 6.42 Å². The molecule has 1 aromatic rings. The molecule has 96 valence electrons. The van der Waals surface area contributed by atoms with Gasteiger partial charge in [-0.15, -0.1) is 0 Å². The van der Waals surface area contributed by atoms with Crippen molar-refractivity contribution in [2.24, 2.45) is 0 Å². The SMILES string of the molecule is C[N+]1(CCC#N)CCN(c2cccc(Cl)c2)CC1. The lowest BCUT2D eigenvalue weighted by molar-refractivity contribution is -0.909. The van der Waals surface area contributed by atoms with Crippen LogP contribution in [0.15, 0.2) is 24.3 Å². The van der Waals surface area contributed by atoms with Gasteiger partial charge in [0.1, 0.15) is 0 Å². The third-order valence-electron chi connectivity index (χ3n) is 3.76. The van der Waals surface area contributed by atoms with Crippen LogP contribution in [-0.4, -0.2) is 44.3 Å². The molecule has 0 unspecified atom stereocenters. The van der Waals surface area contributed by atoms with E-state index in [-0.39, 0.29) is 0 Å². The number of anilines is 1. The highest BCUT2D eigenvalue weighted by Gasteiger charge is 2.28. The van der Waals surface area contributed by atoms with Crippen LogP contribution in [0.5, 0.6) is 0 Å². The van der Waals surface area contributed by atoms with E-state index < -0.39 is 0 Å². The fourth-order valence-electron chi connectivity index (χ4n) is 2.42. The molecule has 0 saturated carbocycles. The molecule has 1 heterocycles. The minimum absolute atomic E-state index is 0.646. The van der Waals surface area contributed by atoms with Crippen LogP contribution in [0.25, 0.3) is 0 Å². The molecule has 0 bridgehead atoms. The van der Waals surface area contributed by atoms with Gasteiger partial charge in [0.15, 0.2) is 0 Å². The van der Waals surface area contributed by atoms with Gasteiger partial charge in [0, 0.05) is 10.7 Å². The van der Waals surface area contributed by atoms with Crippen LogP contribution >= 0.6 is 11.6 Å². The molecule has 0 aromatic heterocycles. The average Bonchev–Trinajstić information content (AvgIpc) is 2.37. The van der Waals surface area contributed by atoms with E-state index in [9.17, 15) is 0 Å². The molecule has 1 aliphatic heterocycles. The molecule has 0 radical (unpaired) electrons. The smallest absolute Gasteiger partial charge is 0.0963 e. The van der Waals surface area contributed by atoms with Crippen molar-refractivity contribution in [3.05, 3.63) is 29.3 Å². The zero-order chi connectivity index (χ0) is 13.0. The van der Waals surface area contributed by atoms with Crippen molar-refractivity contribution >= 4 is 17.3 Å². The lowest BCUT2D eigenvalue weighted by atomic mass is 10.2. The van der Waals surface area contributed by atoms with E-state index in [1.54, 1.807) is 0 Å². The van der Waals surface area contributed by atoms with Gasteiger partial charge in [0.2, 0.25) is 0 Å². The normalized spacial score (nSPS) is 18.4. The summed E-state index contributed by atoms with van der Waals surface area (Å²) >= 11 is 6.02. The number of hydrogen-bond acceptors (Lipinski definition) is 2. The van der Waals surface area contributed by atoms with E-state index in [1.807, 2.05) is 18.2 Å². The second kappa shape index (κ2) is 5.60. The molecule has 1 fully saturated rings. The van der Waals surface area contributed by atoms with Gasteiger partial charge in [-0.2, -0.15) is 5.26 Å². The largest absolute Gasteiger partial charge is 0.360 e. The second-order valence-corrected chi connectivity index (χ2v) is 5.60. The summed E-state index contributed by atoms with van der Waals surface area (Å²) in [6.07, 6.45) is 0.646. The van der Waals surface area contributed by atoms with Crippen LogP contribution in [0.1, 0.15) is 6.42 Å². The third kappa shape index (κ3) is 3.16. The maximum Gasteiger partial charge on any atom is 0.0963 e. The zero-order valence-electron chi connectivity index (χ0n) is 10.8. The molecule has 2 rings (SSSR count). The molecule has 0 N–H and O–H groups in total. The Morgan fingerprint density at radius 3 is 2.72 bits per heavy atom. The summed E-state index contributed by atoms with van der Waals surface area (Å²) in [5.41, 5.74) is 1.20. The third-order valence-corrected chi connectivity index (χ3v) is 3.99. The molecular formula is C14H19ClN3+. The quantitative estimate of drug-likeness (QED) is 0.785. The Morgan fingerprint density at radius 2 is 2.11 bits per heavy atom. The Balaban J connectivity index is 1.96. The summed E-state index contributed by atoms with van der Waals surface area (Å²) < 4.78 is 1.00. The van der Waals surface area contributed by atoms with Gasteiger partial charge >= 0.3 is 0 Å². The van der Waals surface area contributed by atoms with E-state index in [2.05, 4.69) is 24.1 Å². The highest BCUT2D eigenvalue weighted by Crippen LogP contribution is 2.22. The van der Waals surface area contributed by atoms with Gasteiger partial charge in [0.25, 0.3) is 0 Å². The molecule has 1 saturated heterocycles. The van der Waals surface area contributed by atoms with Gasteiger partial charge in [-0.25, -0.2) is 0 Å². The topological polar surface area (TPSA) is 27.0 Å². The number of quaternary nitrogens is 1. The standard InChI is InChI=1S/C14H19ClN3/c1-18(9-3-6-16)10-7-17(8-11-18)14-5-2-4-13(15)12-14/h2,4-5,12H,3,7-11H2,1H3/q+1. The number of hydrogen-bond donors (Lipinski definition) is 0. The predicted molar refractivity (Wildman–Crippen MR) is 74.7 cm³/mol. The first-order valence-electron chi connectivity index (χ1n) is 6.34. The molecule has 4 heteroatoms. The van der Waals surface area contributed by atoms with Crippen LogP contribution in [0.3, 0.4) is 0 Å². The molecule has 3 nitrogen and oxygen atoms in total.